The highest BCUT2D eigenvalue weighted by Gasteiger charge is 2.42. The Labute approximate surface area is 262 Å². The molecule has 0 aliphatic carbocycles. The molecular formula is C35H50N6O3. The molecule has 5 rings (SSSR count). The third-order valence-electron chi connectivity index (χ3n) is 10.2. The highest BCUT2D eigenvalue weighted by molar-refractivity contribution is 6.03. The zero-order valence-electron chi connectivity index (χ0n) is 26.9. The van der Waals surface area contributed by atoms with Crippen LogP contribution in [0.15, 0.2) is 30.5 Å². The van der Waals surface area contributed by atoms with E-state index in [4.69, 9.17) is 10.7 Å². The van der Waals surface area contributed by atoms with Crippen molar-refractivity contribution in [2.75, 3.05) is 30.4 Å². The van der Waals surface area contributed by atoms with Crippen LogP contribution in [0.1, 0.15) is 115 Å². The van der Waals surface area contributed by atoms with Crippen LogP contribution in [0.4, 0.5) is 11.5 Å². The van der Waals surface area contributed by atoms with Crippen LogP contribution < -0.4 is 21.3 Å². The summed E-state index contributed by atoms with van der Waals surface area (Å²) in [5, 5.41) is 6.72. The van der Waals surface area contributed by atoms with Crippen molar-refractivity contribution in [3.8, 4) is 0 Å². The SMILES string of the molecule is CCC(CC)Nc1cc(C(=O)N[C@H]2C[C@H]3CC[C@@H](C2)N3c2ccc(C(=O)CCC3CCN(C)CC3)cn2)c(C)cc1C(N)=O. The number of nitrogens with one attached hydrogen (secondary N) is 2. The molecule has 1 aromatic heterocycles. The van der Waals surface area contributed by atoms with Gasteiger partial charge in [-0.2, -0.15) is 0 Å². The lowest BCUT2D eigenvalue weighted by molar-refractivity contribution is 0.0923. The summed E-state index contributed by atoms with van der Waals surface area (Å²) in [4.78, 5) is 48.1. The quantitative estimate of drug-likeness (QED) is 0.281. The molecule has 238 valence electrons. The van der Waals surface area contributed by atoms with Crippen LogP contribution in [0.3, 0.4) is 0 Å². The molecule has 1 aromatic carbocycles. The van der Waals surface area contributed by atoms with Crippen molar-refractivity contribution in [3.05, 3.63) is 52.7 Å². The van der Waals surface area contributed by atoms with Crippen LogP contribution in [0.5, 0.6) is 0 Å². The fourth-order valence-electron chi connectivity index (χ4n) is 7.45. The van der Waals surface area contributed by atoms with Crippen LogP contribution in [-0.4, -0.2) is 71.8 Å². The molecule has 44 heavy (non-hydrogen) atoms. The molecule has 9 nitrogen and oxygen atoms in total. The van der Waals surface area contributed by atoms with Crippen molar-refractivity contribution in [1.29, 1.82) is 0 Å². The largest absolute Gasteiger partial charge is 0.382 e. The molecule has 3 aliphatic rings. The van der Waals surface area contributed by atoms with Crippen molar-refractivity contribution >= 4 is 29.1 Å². The van der Waals surface area contributed by atoms with E-state index < -0.39 is 5.91 Å². The molecule has 3 fully saturated rings. The Morgan fingerprint density at radius 2 is 1.68 bits per heavy atom. The molecule has 0 saturated carbocycles. The number of likely N-dealkylation sites (tertiary alicyclic amines) is 1. The number of piperidine rings is 2. The number of hydrogen-bond donors (Lipinski definition) is 3. The Kier molecular flexibility index (Phi) is 10.2. The van der Waals surface area contributed by atoms with Gasteiger partial charge in [0, 0.05) is 53.6 Å². The maximum Gasteiger partial charge on any atom is 0.251 e. The van der Waals surface area contributed by atoms with Gasteiger partial charge in [-0.1, -0.05) is 13.8 Å². The zero-order valence-corrected chi connectivity index (χ0v) is 26.9. The molecular weight excluding hydrogens is 552 g/mol. The molecule has 4 N–H and O–H groups in total. The second-order valence-electron chi connectivity index (χ2n) is 13.3. The number of anilines is 2. The molecule has 3 saturated heterocycles. The molecule has 2 bridgehead atoms. The molecule has 0 unspecified atom stereocenters. The van der Waals surface area contributed by atoms with Crippen LogP contribution >= 0.6 is 0 Å². The number of rotatable bonds is 12. The van der Waals surface area contributed by atoms with E-state index >= 15 is 0 Å². The lowest BCUT2D eigenvalue weighted by Crippen LogP contribution is -2.50. The van der Waals surface area contributed by atoms with Crippen molar-refractivity contribution < 1.29 is 14.4 Å². The van der Waals surface area contributed by atoms with Gasteiger partial charge in [0.25, 0.3) is 11.8 Å². The maximum atomic E-state index is 13.5. The second-order valence-corrected chi connectivity index (χ2v) is 13.3. The van der Waals surface area contributed by atoms with E-state index in [1.807, 2.05) is 19.1 Å². The highest BCUT2D eigenvalue weighted by Crippen LogP contribution is 2.39. The molecule has 3 aliphatic heterocycles. The number of amides is 2. The number of pyridine rings is 1. The summed E-state index contributed by atoms with van der Waals surface area (Å²) in [7, 11) is 2.16. The summed E-state index contributed by atoms with van der Waals surface area (Å²) < 4.78 is 0. The van der Waals surface area contributed by atoms with Crippen molar-refractivity contribution in [1.82, 2.24) is 15.2 Å². The summed E-state index contributed by atoms with van der Waals surface area (Å²) >= 11 is 0. The van der Waals surface area contributed by atoms with Crippen molar-refractivity contribution in [3.63, 3.8) is 0 Å². The predicted octanol–water partition coefficient (Wildman–Crippen LogP) is 5.32. The van der Waals surface area contributed by atoms with Crippen molar-refractivity contribution in [2.24, 2.45) is 11.7 Å². The Morgan fingerprint density at radius 3 is 2.27 bits per heavy atom. The predicted molar refractivity (Wildman–Crippen MR) is 175 cm³/mol. The minimum Gasteiger partial charge on any atom is -0.382 e. The van der Waals surface area contributed by atoms with Crippen LogP contribution in [0.2, 0.25) is 0 Å². The van der Waals surface area contributed by atoms with Gasteiger partial charge in [-0.3, -0.25) is 14.4 Å². The molecule has 0 spiro atoms. The van der Waals surface area contributed by atoms with Crippen LogP contribution in [-0.2, 0) is 0 Å². The third kappa shape index (κ3) is 7.25. The Hall–Kier alpha value is -3.46. The van der Waals surface area contributed by atoms with Gasteiger partial charge in [0.05, 0.1) is 5.56 Å². The maximum absolute atomic E-state index is 13.5. The van der Waals surface area contributed by atoms with Gasteiger partial charge < -0.3 is 26.2 Å². The highest BCUT2D eigenvalue weighted by atomic mass is 16.2. The van der Waals surface area contributed by atoms with Gasteiger partial charge in [-0.05, 0) is 121 Å². The normalized spacial score (nSPS) is 22.3. The molecule has 2 amide bonds. The number of benzene rings is 1. The van der Waals surface area contributed by atoms with Gasteiger partial charge in [0.2, 0.25) is 0 Å². The van der Waals surface area contributed by atoms with E-state index in [-0.39, 0.29) is 23.8 Å². The third-order valence-corrected chi connectivity index (χ3v) is 10.2. The number of nitrogens with two attached hydrogens (primary N) is 1. The van der Waals surface area contributed by atoms with E-state index in [1.165, 1.54) is 12.8 Å². The number of carbonyl (C=O) groups is 3. The number of fused-ring (bicyclic) bond motifs is 2. The van der Waals surface area contributed by atoms with E-state index in [9.17, 15) is 14.4 Å². The average Bonchev–Trinajstić information content (AvgIpc) is 3.29. The summed E-state index contributed by atoms with van der Waals surface area (Å²) in [6, 6.07) is 8.30. The number of aryl methyl sites for hydroxylation is 1. The number of hydrogen-bond acceptors (Lipinski definition) is 7. The van der Waals surface area contributed by atoms with Gasteiger partial charge in [-0.25, -0.2) is 4.98 Å². The topological polar surface area (TPSA) is 121 Å². The van der Waals surface area contributed by atoms with Gasteiger partial charge in [0.1, 0.15) is 5.82 Å². The minimum absolute atomic E-state index is 0.0577. The number of primary amides is 1. The van der Waals surface area contributed by atoms with E-state index in [0.717, 1.165) is 69.4 Å². The van der Waals surface area contributed by atoms with Crippen molar-refractivity contribution in [2.45, 2.75) is 109 Å². The molecule has 4 heterocycles. The number of ketones is 1. The first kappa shape index (κ1) is 31.9. The summed E-state index contributed by atoms with van der Waals surface area (Å²) in [5.41, 5.74) is 8.71. The van der Waals surface area contributed by atoms with Gasteiger partial charge in [-0.15, -0.1) is 0 Å². The number of nitrogens with zero attached hydrogens (tertiary/aromatic N) is 3. The first-order valence-electron chi connectivity index (χ1n) is 16.6. The van der Waals surface area contributed by atoms with Crippen LogP contribution in [0, 0.1) is 12.8 Å². The number of carbonyl (C=O) groups excluding carboxylic acids is 3. The summed E-state index contributed by atoms with van der Waals surface area (Å²) in [6.45, 7) is 8.28. The monoisotopic (exact) mass is 602 g/mol. The minimum atomic E-state index is -0.504. The van der Waals surface area contributed by atoms with E-state index in [2.05, 4.69) is 41.3 Å². The lowest BCUT2D eigenvalue weighted by Gasteiger charge is -2.40. The van der Waals surface area contributed by atoms with Gasteiger partial charge >= 0.3 is 0 Å². The summed E-state index contributed by atoms with van der Waals surface area (Å²) in [6.07, 6.45) is 11.3. The Balaban J connectivity index is 1.19. The number of Topliss-reactive ketones (excluding diaryl/α,β-unsaturated/α-hetero) is 1. The molecule has 3 atom stereocenters. The second kappa shape index (κ2) is 14.1. The van der Waals surface area contributed by atoms with E-state index in [0.29, 0.717) is 46.8 Å². The standard InChI is InChI=1S/C35H50N6O3/c1-5-25(6-2)38-31-20-29(22(3)17-30(31)34(36)43)35(44)39-26-18-27-9-10-28(19-26)41(27)33-12-8-24(21-37-33)32(42)11-7-23-13-15-40(4)16-14-23/h8,12,17,20-21,23,25-28,38H,5-7,9-11,13-16,18-19H2,1-4H3,(H2,36,43)(H,39,44)/t26-,27+,28-. The smallest absolute Gasteiger partial charge is 0.251 e. The molecule has 0 radical (unpaired) electrons. The first-order chi connectivity index (χ1) is 21.2. The number of aromatic nitrogens is 1. The lowest BCUT2D eigenvalue weighted by atomic mass is 9.91. The van der Waals surface area contributed by atoms with Crippen LogP contribution in [0.25, 0.3) is 0 Å². The average molecular weight is 603 g/mol. The molecule has 9 heteroatoms. The zero-order chi connectivity index (χ0) is 31.4. The van der Waals surface area contributed by atoms with Gasteiger partial charge in [0.15, 0.2) is 5.78 Å². The van der Waals surface area contributed by atoms with E-state index in [1.54, 1.807) is 18.3 Å². The summed E-state index contributed by atoms with van der Waals surface area (Å²) in [5.74, 6) is 1.13. The first-order valence-corrected chi connectivity index (χ1v) is 16.6. The Bertz CT molecular complexity index is 1320. The molecule has 2 aromatic rings. The Morgan fingerprint density at radius 1 is 1.00 bits per heavy atom. The fraction of sp³-hybridized carbons (Fsp3) is 0.600. The fourth-order valence-corrected chi connectivity index (χ4v) is 7.45.